The summed E-state index contributed by atoms with van der Waals surface area (Å²) in [6, 6.07) is 16.2. The van der Waals surface area contributed by atoms with Crippen LogP contribution in [0.2, 0.25) is 0 Å². The third kappa shape index (κ3) is 4.30. The molecule has 0 saturated heterocycles. The van der Waals surface area contributed by atoms with Crippen molar-refractivity contribution in [2.75, 3.05) is 19.5 Å². The summed E-state index contributed by atoms with van der Waals surface area (Å²) in [5, 5.41) is 4.30. The zero-order chi connectivity index (χ0) is 16.8. The number of benzene rings is 2. The molecule has 0 saturated carbocycles. The van der Waals surface area contributed by atoms with E-state index >= 15 is 0 Å². The van der Waals surface area contributed by atoms with Gasteiger partial charge in [0.1, 0.15) is 0 Å². The summed E-state index contributed by atoms with van der Waals surface area (Å²) < 4.78 is 5.27. The van der Waals surface area contributed by atoms with Crippen LogP contribution in [0.1, 0.15) is 11.1 Å². The smallest absolute Gasteiger partial charge is 0.181 e. The Balaban J connectivity index is 1.62. The molecule has 0 bridgehead atoms. The normalized spacial score (nSPS) is 11.3. The van der Waals surface area contributed by atoms with E-state index in [-0.39, 0.29) is 0 Å². The lowest BCUT2D eigenvalue weighted by molar-refractivity contribution is 0.402. The van der Waals surface area contributed by atoms with Gasteiger partial charge in [-0.1, -0.05) is 18.2 Å². The molecule has 122 valence electrons. The van der Waals surface area contributed by atoms with E-state index in [0.717, 1.165) is 29.1 Å². The number of oxazole rings is 1. The number of anilines is 1. The quantitative estimate of drug-likeness (QED) is 0.554. The summed E-state index contributed by atoms with van der Waals surface area (Å²) in [5.74, 6) is 0.753. The lowest BCUT2D eigenvalue weighted by Crippen LogP contribution is -2.10. The molecule has 0 unspecified atom stereocenters. The van der Waals surface area contributed by atoms with Gasteiger partial charge in [0, 0.05) is 12.1 Å². The first-order chi connectivity index (χ1) is 11.7. The van der Waals surface area contributed by atoms with E-state index < -0.39 is 0 Å². The van der Waals surface area contributed by atoms with E-state index in [1.54, 1.807) is 6.20 Å². The highest BCUT2D eigenvalue weighted by Crippen LogP contribution is 2.20. The van der Waals surface area contributed by atoms with Gasteiger partial charge in [0.15, 0.2) is 12.2 Å². The van der Waals surface area contributed by atoms with Gasteiger partial charge in [-0.15, -0.1) is 0 Å². The van der Waals surface area contributed by atoms with Crippen LogP contribution in [0.4, 0.5) is 5.69 Å². The second-order valence-electron chi connectivity index (χ2n) is 5.80. The average molecular weight is 320 g/mol. The highest BCUT2D eigenvalue weighted by molar-refractivity contribution is 5.80. The van der Waals surface area contributed by atoms with Crippen LogP contribution in [0.15, 0.2) is 70.6 Å². The van der Waals surface area contributed by atoms with Gasteiger partial charge in [-0.3, -0.25) is 5.43 Å². The van der Waals surface area contributed by atoms with Crippen molar-refractivity contribution in [3.63, 3.8) is 0 Å². The maximum absolute atomic E-state index is 5.27. The molecule has 24 heavy (non-hydrogen) atoms. The molecule has 5 nitrogen and oxygen atoms in total. The molecule has 0 aliphatic carbocycles. The summed E-state index contributed by atoms with van der Waals surface area (Å²) in [6.07, 6.45) is 4.95. The van der Waals surface area contributed by atoms with Crippen molar-refractivity contribution >= 4 is 11.9 Å². The lowest BCUT2D eigenvalue weighted by Gasteiger charge is -2.09. The predicted molar refractivity (Wildman–Crippen MR) is 97.0 cm³/mol. The number of hydrogen-bond acceptors (Lipinski definition) is 5. The van der Waals surface area contributed by atoms with Gasteiger partial charge in [-0.05, 0) is 55.6 Å². The van der Waals surface area contributed by atoms with Crippen LogP contribution in [0.5, 0.6) is 0 Å². The molecule has 0 aliphatic heterocycles. The van der Waals surface area contributed by atoms with Crippen molar-refractivity contribution in [3.05, 3.63) is 72.2 Å². The van der Waals surface area contributed by atoms with E-state index in [1.807, 2.05) is 42.6 Å². The maximum atomic E-state index is 5.27. The molecule has 2 aromatic carbocycles. The number of nitrogens with one attached hydrogen (secondary N) is 1. The topological polar surface area (TPSA) is 53.7 Å². The fraction of sp³-hybridized carbons (Fsp3) is 0.158. The Morgan fingerprint density at radius 1 is 1.17 bits per heavy atom. The van der Waals surface area contributed by atoms with E-state index in [0.29, 0.717) is 0 Å². The fourth-order valence-corrected chi connectivity index (χ4v) is 2.39. The Kier molecular flexibility index (Phi) is 5.03. The van der Waals surface area contributed by atoms with Gasteiger partial charge in [0.25, 0.3) is 0 Å². The van der Waals surface area contributed by atoms with Crippen LogP contribution in [0.25, 0.3) is 11.3 Å². The minimum atomic E-state index is 0.753. The summed E-state index contributed by atoms with van der Waals surface area (Å²) >= 11 is 0. The van der Waals surface area contributed by atoms with Crippen molar-refractivity contribution < 1.29 is 4.42 Å². The molecule has 5 heteroatoms. The molecule has 0 radical (unpaired) electrons. The Hall–Kier alpha value is -2.92. The number of rotatable bonds is 6. The molecule has 0 amide bonds. The Labute approximate surface area is 141 Å². The van der Waals surface area contributed by atoms with E-state index in [1.165, 1.54) is 12.0 Å². The molecule has 0 atom stereocenters. The Morgan fingerprint density at radius 2 is 2.00 bits per heavy atom. The summed E-state index contributed by atoms with van der Waals surface area (Å²) in [5.41, 5.74) is 7.27. The third-order valence-electron chi connectivity index (χ3n) is 3.46. The lowest BCUT2D eigenvalue weighted by atomic mass is 10.1. The predicted octanol–water partition coefficient (Wildman–Crippen LogP) is 3.85. The summed E-state index contributed by atoms with van der Waals surface area (Å²) in [6.45, 7) is 0.915. The third-order valence-corrected chi connectivity index (χ3v) is 3.46. The number of hydrazone groups is 1. The van der Waals surface area contributed by atoms with Gasteiger partial charge in [-0.2, -0.15) is 5.10 Å². The van der Waals surface area contributed by atoms with Crippen LogP contribution >= 0.6 is 0 Å². The fourth-order valence-electron chi connectivity index (χ4n) is 2.39. The minimum Gasteiger partial charge on any atom is -0.444 e. The zero-order valence-electron chi connectivity index (χ0n) is 13.8. The number of hydrogen-bond donors (Lipinski definition) is 1. The minimum absolute atomic E-state index is 0.753. The molecule has 0 aliphatic rings. The van der Waals surface area contributed by atoms with Gasteiger partial charge in [0.05, 0.1) is 18.1 Å². The van der Waals surface area contributed by atoms with E-state index in [2.05, 4.69) is 46.6 Å². The molecule has 3 aromatic rings. The van der Waals surface area contributed by atoms with E-state index in [9.17, 15) is 0 Å². The van der Waals surface area contributed by atoms with Gasteiger partial charge in [0.2, 0.25) is 0 Å². The van der Waals surface area contributed by atoms with E-state index in [4.69, 9.17) is 4.42 Å². The molecule has 0 fully saturated rings. The van der Waals surface area contributed by atoms with Crippen molar-refractivity contribution in [3.8, 4) is 11.3 Å². The van der Waals surface area contributed by atoms with Gasteiger partial charge < -0.3 is 9.32 Å². The van der Waals surface area contributed by atoms with Crippen molar-refractivity contribution in [2.45, 2.75) is 6.54 Å². The first-order valence-corrected chi connectivity index (χ1v) is 7.72. The number of aromatic nitrogens is 1. The van der Waals surface area contributed by atoms with Crippen molar-refractivity contribution in [1.29, 1.82) is 0 Å². The maximum Gasteiger partial charge on any atom is 0.181 e. The highest BCUT2D eigenvalue weighted by Gasteiger charge is 2.00. The summed E-state index contributed by atoms with van der Waals surface area (Å²) in [7, 11) is 4.12. The molecular weight excluding hydrogens is 300 g/mol. The van der Waals surface area contributed by atoms with Crippen molar-refractivity contribution in [1.82, 2.24) is 9.88 Å². The van der Waals surface area contributed by atoms with Crippen LogP contribution in [0, 0.1) is 0 Å². The highest BCUT2D eigenvalue weighted by atomic mass is 16.3. The van der Waals surface area contributed by atoms with Crippen molar-refractivity contribution in [2.24, 2.45) is 5.10 Å². The number of nitrogens with zero attached hydrogens (tertiary/aromatic N) is 3. The SMILES string of the molecule is CN(C)Cc1cccc(/C=N/Nc2ccc(-c3cnco3)cc2)c1. The average Bonchev–Trinajstić information content (AvgIpc) is 3.10. The Bertz CT molecular complexity index is 792. The monoisotopic (exact) mass is 320 g/mol. The molecular formula is C19H20N4O. The largest absolute Gasteiger partial charge is 0.444 e. The summed E-state index contributed by atoms with van der Waals surface area (Å²) in [4.78, 5) is 6.06. The molecule has 1 aromatic heterocycles. The van der Waals surface area contributed by atoms with Crippen LogP contribution in [0.3, 0.4) is 0 Å². The Morgan fingerprint density at radius 3 is 2.71 bits per heavy atom. The molecule has 1 heterocycles. The van der Waals surface area contributed by atoms with Gasteiger partial charge in [-0.25, -0.2) is 4.98 Å². The zero-order valence-corrected chi connectivity index (χ0v) is 13.8. The molecule has 3 rings (SSSR count). The second kappa shape index (κ2) is 7.57. The van der Waals surface area contributed by atoms with Gasteiger partial charge >= 0.3 is 0 Å². The standard InChI is InChI=1S/C19H20N4O/c1-23(2)13-16-5-3-4-15(10-16)11-21-22-18-8-6-17(7-9-18)19-12-20-14-24-19/h3-12,14,22H,13H2,1-2H3/b21-11+. The second-order valence-corrected chi connectivity index (χ2v) is 5.80. The first kappa shape index (κ1) is 16.0. The first-order valence-electron chi connectivity index (χ1n) is 7.72. The van der Waals surface area contributed by atoms with Crippen LogP contribution in [-0.2, 0) is 6.54 Å². The molecule has 1 N–H and O–H groups in total. The van der Waals surface area contributed by atoms with Crippen LogP contribution < -0.4 is 5.43 Å². The molecule has 0 spiro atoms. The van der Waals surface area contributed by atoms with Crippen LogP contribution in [-0.4, -0.2) is 30.2 Å².